The van der Waals surface area contributed by atoms with Gasteiger partial charge in [0.1, 0.15) is 0 Å². The average Bonchev–Trinajstić information content (AvgIpc) is 2.31. The summed E-state index contributed by atoms with van der Waals surface area (Å²) in [5.74, 6) is 0. The Morgan fingerprint density at radius 3 is 2.42 bits per heavy atom. The zero-order valence-electron chi connectivity index (χ0n) is 11.6. The van der Waals surface area contributed by atoms with Gasteiger partial charge in [0.2, 0.25) is 0 Å². The molecule has 0 unspecified atom stereocenters. The van der Waals surface area contributed by atoms with Gasteiger partial charge in [0.25, 0.3) is 0 Å². The molecular formula is C14H18BrN3Se. The first kappa shape index (κ1) is 14.8. The number of hydrazone groups is 1. The quantitative estimate of drug-likeness (QED) is 0.680. The van der Waals surface area contributed by atoms with Crippen LogP contribution in [0.25, 0.3) is 0 Å². The SMILES string of the molecule is CN1N=C(c2ccc(Br)cc2)C[Se]C1=NC(C)(C)C. The van der Waals surface area contributed by atoms with Crippen LogP contribution < -0.4 is 0 Å². The van der Waals surface area contributed by atoms with Crippen molar-refractivity contribution in [3.63, 3.8) is 0 Å². The van der Waals surface area contributed by atoms with Crippen molar-refractivity contribution in [1.29, 1.82) is 0 Å². The van der Waals surface area contributed by atoms with Gasteiger partial charge in [-0.25, -0.2) is 0 Å². The Labute approximate surface area is 129 Å². The molecule has 0 aliphatic carbocycles. The fourth-order valence-corrected chi connectivity index (χ4v) is 4.13. The minimum atomic E-state index is -0.0318. The second kappa shape index (κ2) is 5.78. The van der Waals surface area contributed by atoms with E-state index in [1.807, 2.05) is 12.1 Å². The molecule has 0 spiro atoms. The molecule has 0 atom stereocenters. The van der Waals surface area contributed by atoms with Crippen molar-refractivity contribution in [1.82, 2.24) is 5.01 Å². The van der Waals surface area contributed by atoms with E-state index >= 15 is 0 Å². The fraction of sp³-hybridized carbons (Fsp3) is 0.429. The third-order valence-corrected chi connectivity index (χ3v) is 5.19. The van der Waals surface area contributed by atoms with Crippen LogP contribution in [-0.4, -0.2) is 43.0 Å². The predicted octanol–water partition coefficient (Wildman–Crippen LogP) is 3.38. The van der Waals surface area contributed by atoms with Gasteiger partial charge in [0.05, 0.1) is 0 Å². The van der Waals surface area contributed by atoms with Gasteiger partial charge in [-0.3, -0.25) is 0 Å². The van der Waals surface area contributed by atoms with Gasteiger partial charge in [-0.15, -0.1) is 0 Å². The Kier molecular flexibility index (Phi) is 4.49. The van der Waals surface area contributed by atoms with Crippen molar-refractivity contribution in [3.05, 3.63) is 34.3 Å². The van der Waals surface area contributed by atoms with Crippen LogP contribution in [0, 0.1) is 0 Å². The van der Waals surface area contributed by atoms with Crippen LogP contribution >= 0.6 is 15.9 Å². The summed E-state index contributed by atoms with van der Waals surface area (Å²) in [6.07, 6.45) is 0. The first-order valence-electron chi connectivity index (χ1n) is 6.15. The Balaban J connectivity index is 2.22. The Bertz CT molecular complexity index is 514. The summed E-state index contributed by atoms with van der Waals surface area (Å²) in [6.45, 7) is 6.37. The molecule has 0 saturated carbocycles. The van der Waals surface area contributed by atoms with Crippen molar-refractivity contribution in [2.75, 3.05) is 7.05 Å². The molecule has 1 aliphatic rings. The molecule has 0 amide bonds. The number of nitrogens with zero attached hydrogens (tertiary/aromatic N) is 3. The van der Waals surface area contributed by atoms with Gasteiger partial charge in [-0.2, -0.15) is 0 Å². The van der Waals surface area contributed by atoms with E-state index in [0.717, 1.165) is 20.2 Å². The van der Waals surface area contributed by atoms with Crippen LogP contribution in [0.5, 0.6) is 0 Å². The molecule has 0 saturated heterocycles. The molecule has 102 valence electrons. The molecule has 0 radical (unpaired) electrons. The van der Waals surface area contributed by atoms with E-state index < -0.39 is 0 Å². The summed E-state index contributed by atoms with van der Waals surface area (Å²) in [7, 11) is 1.99. The molecule has 1 aromatic rings. The average molecular weight is 387 g/mol. The van der Waals surface area contributed by atoms with E-state index in [4.69, 9.17) is 4.99 Å². The van der Waals surface area contributed by atoms with Gasteiger partial charge in [0.15, 0.2) is 0 Å². The second-order valence-corrected chi connectivity index (χ2v) is 8.32. The van der Waals surface area contributed by atoms with Gasteiger partial charge in [0, 0.05) is 0 Å². The van der Waals surface area contributed by atoms with E-state index in [2.05, 4.69) is 66.1 Å². The number of hydrogen-bond donors (Lipinski definition) is 0. The van der Waals surface area contributed by atoms with Crippen molar-refractivity contribution >= 4 is 41.3 Å². The number of amidine groups is 1. The normalized spacial score (nSPS) is 18.7. The van der Waals surface area contributed by atoms with Crippen LogP contribution in [-0.2, 0) is 0 Å². The Morgan fingerprint density at radius 2 is 1.89 bits per heavy atom. The van der Waals surface area contributed by atoms with E-state index in [9.17, 15) is 0 Å². The third-order valence-electron chi connectivity index (χ3n) is 2.49. The van der Waals surface area contributed by atoms with Crippen LogP contribution in [0.15, 0.2) is 38.8 Å². The Hall–Kier alpha value is -0.641. The van der Waals surface area contributed by atoms with Crippen molar-refractivity contribution in [2.45, 2.75) is 31.6 Å². The van der Waals surface area contributed by atoms with Gasteiger partial charge < -0.3 is 0 Å². The molecule has 3 nitrogen and oxygen atoms in total. The van der Waals surface area contributed by atoms with Gasteiger partial charge in [-0.05, 0) is 0 Å². The summed E-state index contributed by atoms with van der Waals surface area (Å²) in [5, 5.41) is 7.61. The summed E-state index contributed by atoms with van der Waals surface area (Å²) in [4.78, 5) is 4.75. The molecule has 0 fully saturated rings. The number of halogens is 1. The number of rotatable bonds is 1. The molecule has 1 heterocycles. The van der Waals surface area contributed by atoms with E-state index in [1.54, 1.807) is 0 Å². The number of benzene rings is 1. The molecular weight excluding hydrogens is 369 g/mol. The molecule has 1 aromatic carbocycles. The number of hydrogen-bond acceptors (Lipinski definition) is 2. The molecule has 0 N–H and O–H groups in total. The fourth-order valence-electron chi connectivity index (χ4n) is 1.65. The molecule has 2 rings (SSSR count). The van der Waals surface area contributed by atoms with Gasteiger partial charge in [-0.1, -0.05) is 0 Å². The molecule has 1 aliphatic heterocycles. The number of aliphatic imine (C=N–C) groups is 1. The van der Waals surface area contributed by atoms with Gasteiger partial charge >= 0.3 is 129 Å². The summed E-state index contributed by atoms with van der Waals surface area (Å²) < 4.78 is 2.22. The molecule has 0 aromatic heterocycles. The maximum absolute atomic E-state index is 4.75. The van der Waals surface area contributed by atoms with Crippen molar-refractivity contribution in [2.24, 2.45) is 10.1 Å². The molecule has 5 heteroatoms. The topological polar surface area (TPSA) is 28.0 Å². The third kappa shape index (κ3) is 4.16. The monoisotopic (exact) mass is 387 g/mol. The Morgan fingerprint density at radius 1 is 1.26 bits per heavy atom. The van der Waals surface area contributed by atoms with Crippen LogP contribution in [0.2, 0.25) is 5.32 Å². The van der Waals surface area contributed by atoms with E-state index in [0.29, 0.717) is 15.0 Å². The van der Waals surface area contributed by atoms with Crippen molar-refractivity contribution in [3.8, 4) is 0 Å². The van der Waals surface area contributed by atoms with Crippen molar-refractivity contribution < 1.29 is 0 Å². The maximum atomic E-state index is 4.75. The van der Waals surface area contributed by atoms with Crippen LogP contribution in [0.4, 0.5) is 0 Å². The first-order chi connectivity index (χ1) is 8.85. The minimum absolute atomic E-state index is 0.0318. The first-order valence-corrected chi connectivity index (χ1v) is 9.01. The summed E-state index contributed by atoms with van der Waals surface area (Å²) in [5.41, 5.74) is 2.32. The van der Waals surface area contributed by atoms with E-state index in [-0.39, 0.29) is 5.54 Å². The zero-order valence-corrected chi connectivity index (χ0v) is 14.9. The summed E-state index contributed by atoms with van der Waals surface area (Å²) >= 11 is 3.81. The zero-order chi connectivity index (χ0) is 14.0. The van der Waals surface area contributed by atoms with Crippen LogP contribution in [0.3, 0.4) is 0 Å². The predicted molar refractivity (Wildman–Crippen MR) is 86.2 cm³/mol. The molecule has 19 heavy (non-hydrogen) atoms. The van der Waals surface area contributed by atoms with Crippen LogP contribution in [0.1, 0.15) is 26.3 Å². The molecule has 0 bridgehead atoms. The second-order valence-electron chi connectivity index (χ2n) is 5.43. The summed E-state index contributed by atoms with van der Waals surface area (Å²) in [6, 6.07) is 8.34. The standard InChI is InChI=1S/C14H18BrN3Se/c1-14(2,3)16-13-18(4)17-12(9-19-13)10-5-7-11(15)8-6-10/h5-8H,9H2,1-4H3. The van der Waals surface area contributed by atoms with E-state index in [1.165, 1.54) is 5.56 Å².